The molecular weight excluding hydrogens is 524 g/mol. The Hall–Kier alpha value is -4.78. The molecule has 0 aliphatic carbocycles. The standard InChI is InChI=1S/C35H38N4O3/c1-3-25-18-20-39(21-19-25)34(41)22-26-9-14-28(15-10-26)36-30-13-8-24(2)32(23-30)37-29-16-11-27(12-17-29)35(42)38-31-6-4-5-7-33(31)40/h4-17,23,25,36-37,40H,3,18-22H2,1-2H3,(H,38,42). The van der Waals surface area contributed by atoms with Crippen LogP contribution in [0.4, 0.5) is 28.4 Å². The van der Waals surface area contributed by atoms with Crippen molar-refractivity contribution in [1.82, 2.24) is 4.90 Å². The molecule has 5 rings (SSSR count). The zero-order valence-electron chi connectivity index (χ0n) is 24.2. The predicted octanol–water partition coefficient (Wildman–Crippen LogP) is 7.63. The monoisotopic (exact) mass is 562 g/mol. The van der Waals surface area contributed by atoms with Gasteiger partial charge in [-0.15, -0.1) is 0 Å². The highest BCUT2D eigenvalue weighted by molar-refractivity contribution is 6.05. The number of anilines is 5. The van der Waals surface area contributed by atoms with Crippen molar-refractivity contribution in [3.8, 4) is 5.75 Å². The lowest BCUT2D eigenvalue weighted by atomic mass is 9.94. The fourth-order valence-electron chi connectivity index (χ4n) is 5.22. The van der Waals surface area contributed by atoms with Crippen LogP contribution in [0.3, 0.4) is 0 Å². The van der Waals surface area contributed by atoms with E-state index in [-0.39, 0.29) is 17.6 Å². The van der Waals surface area contributed by atoms with Crippen LogP contribution in [0.1, 0.15) is 47.7 Å². The van der Waals surface area contributed by atoms with E-state index in [1.165, 1.54) is 12.5 Å². The van der Waals surface area contributed by atoms with E-state index in [0.717, 1.165) is 65.7 Å². The minimum absolute atomic E-state index is 0.0251. The first-order chi connectivity index (χ1) is 20.4. The van der Waals surface area contributed by atoms with Gasteiger partial charge in [0.1, 0.15) is 5.75 Å². The van der Waals surface area contributed by atoms with Crippen molar-refractivity contribution >= 4 is 40.3 Å². The highest BCUT2D eigenvalue weighted by Crippen LogP contribution is 2.28. The second kappa shape index (κ2) is 13.3. The molecule has 0 aromatic heterocycles. The van der Waals surface area contributed by atoms with Gasteiger partial charge in [0.15, 0.2) is 0 Å². The first kappa shape index (κ1) is 28.7. The van der Waals surface area contributed by atoms with Gasteiger partial charge in [0.25, 0.3) is 5.91 Å². The Balaban J connectivity index is 1.17. The number of benzene rings is 4. The highest BCUT2D eigenvalue weighted by Gasteiger charge is 2.21. The summed E-state index contributed by atoms with van der Waals surface area (Å²) >= 11 is 0. The molecule has 1 saturated heterocycles. The lowest BCUT2D eigenvalue weighted by molar-refractivity contribution is -0.131. The van der Waals surface area contributed by atoms with Gasteiger partial charge >= 0.3 is 0 Å². The number of likely N-dealkylation sites (tertiary alicyclic amines) is 1. The quantitative estimate of drug-likeness (QED) is 0.157. The smallest absolute Gasteiger partial charge is 0.255 e. The van der Waals surface area contributed by atoms with Gasteiger partial charge in [0.05, 0.1) is 12.1 Å². The number of rotatable bonds is 9. The van der Waals surface area contributed by atoms with Gasteiger partial charge in [0.2, 0.25) is 5.91 Å². The van der Waals surface area contributed by atoms with Gasteiger partial charge in [0, 0.05) is 41.4 Å². The van der Waals surface area contributed by atoms with Crippen LogP contribution in [0.15, 0.2) is 91.0 Å². The van der Waals surface area contributed by atoms with E-state index >= 15 is 0 Å². The molecule has 4 N–H and O–H groups in total. The number of nitrogens with zero attached hydrogens (tertiary/aromatic N) is 1. The van der Waals surface area contributed by atoms with E-state index in [2.05, 4.69) is 22.9 Å². The van der Waals surface area contributed by atoms with Crippen molar-refractivity contribution < 1.29 is 14.7 Å². The minimum Gasteiger partial charge on any atom is -0.506 e. The Morgan fingerprint density at radius 1 is 0.810 bits per heavy atom. The van der Waals surface area contributed by atoms with Crippen LogP contribution in [0, 0.1) is 12.8 Å². The SMILES string of the molecule is CCC1CCN(C(=O)Cc2ccc(Nc3ccc(C)c(Nc4ccc(C(=O)Nc5ccccc5O)cc4)c3)cc2)CC1. The van der Waals surface area contributed by atoms with Crippen molar-refractivity contribution in [2.75, 3.05) is 29.0 Å². The molecule has 2 amide bonds. The van der Waals surface area contributed by atoms with Gasteiger partial charge in [-0.2, -0.15) is 0 Å². The number of piperidine rings is 1. The first-order valence-electron chi connectivity index (χ1n) is 14.6. The fraction of sp³-hybridized carbons (Fsp3) is 0.257. The molecule has 1 aliphatic rings. The van der Waals surface area contributed by atoms with Crippen molar-refractivity contribution in [1.29, 1.82) is 0 Å². The highest BCUT2D eigenvalue weighted by atomic mass is 16.3. The molecule has 216 valence electrons. The van der Waals surface area contributed by atoms with E-state index in [1.807, 2.05) is 66.4 Å². The van der Waals surface area contributed by atoms with Gasteiger partial charge in [-0.3, -0.25) is 9.59 Å². The molecule has 7 nitrogen and oxygen atoms in total. The fourth-order valence-corrected chi connectivity index (χ4v) is 5.22. The topological polar surface area (TPSA) is 93.7 Å². The Labute approximate surface area is 247 Å². The molecule has 1 fully saturated rings. The number of phenolic OH excluding ortho intramolecular Hbond substituents is 1. The van der Waals surface area contributed by atoms with Crippen LogP contribution >= 0.6 is 0 Å². The number of phenols is 1. The molecule has 0 unspecified atom stereocenters. The number of nitrogens with one attached hydrogen (secondary N) is 3. The van der Waals surface area contributed by atoms with Crippen LogP contribution < -0.4 is 16.0 Å². The van der Waals surface area contributed by atoms with Gasteiger partial charge in [-0.25, -0.2) is 0 Å². The summed E-state index contributed by atoms with van der Waals surface area (Å²) in [6.07, 6.45) is 3.86. The molecule has 1 aliphatic heterocycles. The Bertz CT molecular complexity index is 1530. The second-order valence-electron chi connectivity index (χ2n) is 10.9. The van der Waals surface area contributed by atoms with Crippen LogP contribution in [0.25, 0.3) is 0 Å². The summed E-state index contributed by atoms with van der Waals surface area (Å²) in [5.41, 5.74) is 6.64. The zero-order chi connectivity index (χ0) is 29.5. The Morgan fingerprint density at radius 3 is 2.14 bits per heavy atom. The van der Waals surface area contributed by atoms with Crippen molar-refractivity contribution in [3.05, 3.63) is 108 Å². The summed E-state index contributed by atoms with van der Waals surface area (Å²) in [5.74, 6) is 0.700. The average Bonchev–Trinajstić information content (AvgIpc) is 3.01. The number of hydrogen-bond donors (Lipinski definition) is 4. The normalized spacial score (nSPS) is 13.4. The number of aryl methyl sites for hydroxylation is 1. The number of carbonyl (C=O) groups excluding carboxylic acids is 2. The molecule has 4 aromatic rings. The summed E-state index contributed by atoms with van der Waals surface area (Å²) in [6.45, 7) is 6.02. The molecule has 0 saturated carbocycles. The summed E-state index contributed by atoms with van der Waals surface area (Å²) in [5, 5.41) is 19.5. The first-order valence-corrected chi connectivity index (χ1v) is 14.6. The molecule has 7 heteroatoms. The average molecular weight is 563 g/mol. The third kappa shape index (κ3) is 7.29. The molecular formula is C35H38N4O3. The molecule has 42 heavy (non-hydrogen) atoms. The largest absolute Gasteiger partial charge is 0.506 e. The van der Waals surface area contributed by atoms with Gasteiger partial charge in [-0.1, -0.05) is 43.7 Å². The Kier molecular flexibility index (Phi) is 9.07. The third-order valence-electron chi connectivity index (χ3n) is 7.96. The zero-order valence-corrected chi connectivity index (χ0v) is 24.2. The maximum absolute atomic E-state index is 12.8. The summed E-state index contributed by atoms with van der Waals surface area (Å²) < 4.78 is 0. The number of carbonyl (C=O) groups is 2. The van der Waals surface area contributed by atoms with Crippen molar-refractivity contribution in [2.45, 2.75) is 39.5 Å². The lowest BCUT2D eigenvalue weighted by Gasteiger charge is -2.31. The van der Waals surface area contributed by atoms with Crippen molar-refractivity contribution in [3.63, 3.8) is 0 Å². The summed E-state index contributed by atoms with van der Waals surface area (Å²) in [7, 11) is 0. The van der Waals surface area contributed by atoms with Gasteiger partial charge in [-0.05, 0) is 97.5 Å². The summed E-state index contributed by atoms with van der Waals surface area (Å²) in [4.78, 5) is 27.4. The molecule has 0 spiro atoms. The number of hydrogen-bond acceptors (Lipinski definition) is 5. The van der Waals surface area contributed by atoms with E-state index in [0.29, 0.717) is 17.7 Å². The van der Waals surface area contributed by atoms with Crippen LogP contribution in [-0.2, 0) is 11.2 Å². The number of aromatic hydroxyl groups is 1. The van der Waals surface area contributed by atoms with Crippen LogP contribution in [-0.4, -0.2) is 34.9 Å². The number of para-hydroxylation sites is 2. The molecule has 0 radical (unpaired) electrons. The maximum Gasteiger partial charge on any atom is 0.255 e. The van der Waals surface area contributed by atoms with E-state index in [4.69, 9.17) is 0 Å². The molecule has 0 bridgehead atoms. The van der Waals surface area contributed by atoms with Crippen LogP contribution in [0.2, 0.25) is 0 Å². The lowest BCUT2D eigenvalue weighted by Crippen LogP contribution is -2.39. The van der Waals surface area contributed by atoms with E-state index < -0.39 is 0 Å². The van der Waals surface area contributed by atoms with Crippen LogP contribution in [0.5, 0.6) is 5.75 Å². The van der Waals surface area contributed by atoms with E-state index in [9.17, 15) is 14.7 Å². The Morgan fingerprint density at radius 2 is 1.45 bits per heavy atom. The minimum atomic E-state index is -0.294. The second-order valence-corrected chi connectivity index (χ2v) is 10.9. The van der Waals surface area contributed by atoms with E-state index in [1.54, 1.807) is 30.3 Å². The molecule has 0 atom stereocenters. The van der Waals surface area contributed by atoms with Crippen molar-refractivity contribution in [2.24, 2.45) is 5.92 Å². The number of amides is 2. The molecule has 1 heterocycles. The molecule has 4 aromatic carbocycles. The van der Waals surface area contributed by atoms with Gasteiger partial charge < -0.3 is 26.0 Å². The summed E-state index contributed by atoms with van der Waals surface area (Å²) in [6, 6.07) is 28.0. The predicted molar refractivity (Wildman–Crippen MR) is 170 cm³/mol. The maximum atomic E-state index is 12.8. The third-order valence-corrected chi connectivity index (χ3v) is 7.96.